The number of aryl methyl sites for hydroxylation is 1. The van der Waals surface area contributed by atoms with Gasteiger partial charge in [0.1, 0.15) is 16.6 Å². The number of benzene rings is 2. The van der Waals surface area contributed by atoms with Gasteiger partial charge in [0.05, 0.1) is 18.6 Å². The van der Waals surface area contributed by atoms with E-state index in [1.807, 2.05) is 18.2 Å². The molecule has 1 amide bonds. The molecule has 0 atom stereocenters. The zero-order valence-corrected chi connectivity index (χ0v) is 19.4. The lowest BCUT2D eigenvalue weighted by molar-refractivity contribution is -0.113. The van der Waals surface area contributed by atoms with Crippen molar-refractivity contribution in [3.8, 4) is 5.75 Å². The van der Waals surface area contributed by atoms with Crippen molar-refractivity contribution in [3.63, 3.8) is 0 Å². The van der Waals surface area contributed by atoms with Gasteiger partial charge < -0.3 is 19.9 Å². The predicted octanol–water partition coefficient (Wildman–Crippen LogP) is 3.99. The molecule has 172 valence electrons. The topological polar surface area (TPSA) is 70.6 Å². The molecule has 1 aliphatic heterocycles. The van der Waals surface area contributed by atoms with Crippen LogP contribution >= 0.6 is 11.8 Å². The van der Waals surface area contributed by atoms with Crippen molar-refractivity contribution in [1.29, 1.82) is 0 Å². The molecule has 2 heterocycles. The van der Waals surface area contributed by atoms with E-state index in [1.54, 1.807) is 38.6 Å². The summed E-state index contributed by atoms with van der Waals surface area (Å²) in [6.45, 7) is 4.88. The summed E-state index contributed by atoms with van der Waals surface area (Å²) in [5, 5.41) is 3.44. The number of anilines is 3. The molecule has 33 heavy (non-hydrogen) atoms. The quantitative estimate of drug-likeness (QED) is 0.527. The smallest absolute Gasteiger partial charge is 0.234 e. The first-order valence-electron chi connectivity index (χ1n) is 10.7. The molecule has 1 saturated heterocycles. The van der Waals surface area contributed by atoms with Crippen LogP contribution in [0.25, 0.3) is 0 Å². The maximum atomic E-state index is 13.7. The van der Waals surface area contributed by atoms with Gasteiger partial charge in [0.25, 0.3) is 0 Å². The first-order chi connectivity index (χ1) is 16.0. The third-order valence-electron chi connectivity index (χ3n) is 5.45. The molecule has 0 saturated carbocycles. The van der Waals surface area contributed by atoms with E-state index in [0.717, 1.165) is 43.4 Å². The van der Waals surface area contributed by atoms with Gasteiger partial charge in [-0.2, -0.15) is 0 Å². The van der Waals surface area contributed by atoms with Crippen molar-refractivity contribution in [1.82, 2.24) is 9.97 Å². The highest BCUT2D eigenvalue weighted by atomic mass is 32.2. The number of nitrogens with one attached hydrogen (secondary N) is 1. The lowest BCUT2D eigenvalue weighted by atomic mass is 10.2. The summed E-state index contributed by atoms with van der Waals surface area (Å²) in [6.07, 6.45) is 3.30. The van der Waals surface area contributed by atoms with Crippen LogP contribution in [-0.4, -0.2) is 54.9 Å². The summed E-state index contributed by atoms with van der Waals surface area (Å²) in [5.74, 6) is 1.23. The Labute approximate surface area is 197 Å². The van der Waals surface area contributed by atoms with Gasteiger partial charge in [-0.15, -0.1) is 0 Å². The minimum atomic E-state index is -0.344. The van der Waals surface area contributed by atoms with Crippen LogP contribution in [0.5, 0.6) is 5.75 Å². The van der Waals surface area contributed by atoms with Gasteiger partial charge in [0.15, 0.2) is 5.82 Å². The number of piperazine rings is 1. The lowest BCUT2D eigenvalue weighted by Crippen LogP contribution is -2.47. The molecule has 1 aliphatic rings. The van der Waals surface area contributed by atoms with E-state index in [2.05, 4.69) is 31.2 Å². The van der Waals surface area contributed by atoms with Crippen LogP contribution < -0.4 is 19.9 Å². The number of carbonyl (C=O) groups excluding carboxylic acids is 1. The number of ether oxygens (including phenoxy) is 1. The number of rotatable bonds is 7. The van der Waals surface area contributed by atoms with Crippen LogP contribution in [-0.2, 0) is 4.79 Å². The first kappa shape index (κ1) is 22.8. The molecule has 0 bridgehead atoms. The van der Waals surface area contributed by atoms with Crippen LogP contribution in [0.2, 0.25) is 0 Å². The molecule has 0 radical (unpaired) electrons. The van der Waals surface area contributed by atoms with E-state index in [0.29, 0.717) is 16.3 Å². The second-order valence-electron chi connectivity index (χ2n) is 7.63. The minimum Gasteiger partial charge on any atom is -0.495 e. The van der Waals surface area contributed by atoms with Gasteiger partial charge in [0.2, 0.25) is 5.91 Å². The average molecular weight is 468 g/mol. The van der Waals surface area contributed by atoms with Gasteiger partial charge in [-0.3, -0.25) is 4.79 Å². The molecule has 0 spiro atoms. The largest absolute Gasteiger partial charge is 0.495 e. The van der Waals surface area contributed by atoms with Crippen LogP contribution in [0.4, 0.5) is 21.6 Å². The number of hydrogen-bond donors (Lipinski definition) is 1. The summed E-state index contributed by atoms with van der Waals surface area (Å²) in [4.78, 5) is 25.9. The van der Waals surface area contributed by atoms with Crippen LogP contribution in [0.15, 0.2) is 59.9 Å². The Bertz CT molecular complexity index is 1120. The molecular formula is C24H26FN5O2S. The SMILES string of the molecule is COc1ccccc1N1CCN(c2nccnc2SCC(=O)Nc2ccc(C)c(F)c2)CC1. The average Bonchev–Trinajstić information content (AvgIpc) is 2.85. The Morgan fingerprint density at radius 1 is 1.09 bits per heavy atom. The molecule has 1 aromatic heterocycles. The second kappa shape index (κ2) is 10.5. The van der Waals surface area contributed by atoms with Crippen LogP contribution in [0, 0.1) is 12.7 Å². The predicted molar refractivity (Wildman–Crippen MR) is 130 cm³/mol. The number of thioether (sulfide) groups is 1. The van der Waals surface area contributed by atoms with E-state index in [-0.39, 0.29) is 17.5 Å². The van der Waals surface area contributed by atoms with Crippen molar-refractivity contribution >= 4 is 34.9 Å². The number of methoxy groups -OCH3 is 1. The third-order valence-corrected chi connectivity index (χ3v) is 6.42. The minimum absolute atomic E-state index is 0.155. The first-order valence-corrected chi connectivity index (χ1v) is 11.7. The van der Waals surface area contributed by atoms with Crippen molar-refractivity contribution in [2.24, 2.45) is 0 Å². The fraction of sp³-hybridized carbons (Fsp3) is 0.292. The Kier molecular flexibility index (Phi) is 7.29. The van der Waals surface area contributed by atoms with Crippen molar-refractivity contribution in [3.05, 3.63) is 66.2 Å². The second-order valence-corrected chi connectivity index (χ2v) is 8.60. The normalized spacial score (nSPS) is 13.7. The Morgan fingerprint density at radius 3 is 2.58 bits per heavy atom. The fourth-order valence-electron chi connectivity index (χ4n) is 3.69. The third kappa shape index (κ3) is 5.54. The van der Waals surface area contributed by atoms with E-state index in [1.165, 1.54) is 17.8 Å². The Hall–Kier alpha value is -3.33. The van der Waals surface area contributed by atoms with E-state index < -0.39 is 0 Å². The van der Waals surface area contributed by atoms with Crippen LogP contribution in [0.1, 0.15) is 5.56 Å². The number of para-hydroxylation sites is 2. The van der Waals surface area contributed by atoms with Crippen molar-refractivity contribution in [2.45, 2.75) is 11.9 Å². The van der Waals surface area contributed by atoms with E-state index in [9.17, 15) is 9.18 Å². The van der Waals surface area contributed by atoms with E-state index in [4.69, 9.17) is 4.74 Å². The zero-order valence-electron chi connectivity index (χ0n) is 18.6. The molecular weight excluding hydrogens is 441 g/mol. The number of nitrogens with zero attached hydrogens (tertiary/aromatic N) is 4. The molecule has 7 nitrogen and oxygen atoms in total. The number of aromatic nitrogens is 2. The number of carbonyl (C=O) groups is 1. The lowest BCUT2D eigenvalue weighted by Gasteiger charge is -2.37. The highest BCUT2D eigenvalue weighted by Crippen LogP contribution is 2.31. The number of halogens is 1. The van der Waals surface area contributed by atoms with Gasteiger partial charge in [-0.25, -0.2) is 14.4 Å². The van der Waals surface area contributed by atoms with Crippen molar-refractivity contribution in [2.75, 3.05) is 54.2 Å². The van der Waals surface area contributed by atoms with Crippen molar-refractivity contribution < 1.29 is 13.9 Å². The molecule has 2 aromatic carbocycles. The summed E-state index contributed by atoms with van der Waals surface area (Å²) in [5.41, 5.74) is 2.06. The summed E-state index contributed by atoms with van der Waals surface area (Å²) < 4.78 is 19.2. The summed E-state index contributed by atoms with van der Waals surface area (Å²) in [7, 11) is 1.68. The maximum absolute atomic E-state index is 13.7. The van der Waals surface area contributed by atoms with Crippen LogP contribution in [0.3, 0.4) is 0 Å². The molecule has 4 rings (SSSR count). The number of hydrogen-bond acceptors (Lipinski definition) is 7. The number of amides is 1. The molecule has 1 fully saturated rings. The summed E-state index contributed by atoms with van der Waals surface area (Å²) in [6, 6.07) is 12.7. The van der Waals surface area contributed by atoms with Gasteiger partial charge in [0, 0.05) is 44.3 Å². The Balaban J connectivity index is 1.37. The molecule has 0 aliphatic carbocycles. The molecule has 0 unspecified atom stereocenters. The monoisotopic (exact) mass is 467 g/mol. The zero-order chi connectivity index (χ0) is 23.2. The Morgan fingerprint density at radius 2 is 1.82 bits per heavy atom. The molecule has 3 aromatic rings. The van der Waals surface area contributed by atoms with Gasteiger partial charge >= 0.3 is 0 Å². The summed E-state index contributed by atoms with van der Waals surface area (Å²) >= 11 is 1.32. The highest BCUT2D eigenvalue weighted by molar-refractivity contribution is 8.00. The van der Waals surface area contributed by atoms with Gasteiger partial charge in [-0.05, 0) is 36.8 Å². The maximum Gasteiger partial charge on any atom is 0.234 e. The standard InChI is InChI=1S/C24H26FN5O2S/c1-17-7-8-18(15-19(17)25)28-22(31)16-33-24-23(26-9-10-27-24)30-13-11-29(12-14-30)20-5-3-4-6-21(20)32-2/h3-10,15H,11-14,16H2,1-2H3,(H,28,31). The highest BCUT2D eigenvalue weighted by Gasteiger charge is 2.23. The van der Waals surface area contributed by atoms with Gasteiger partial charge in [-0.1, -0.05) is 30.0 Å². The fourth-order valence-corrected chi connectivity index (χ4v) is 4.47. The molecule has 1 N–H and O–H groups in total. The molecule has 9 heteroatoms. The van der Waals surface area contributed by atoms with E-state index >= 15 is 0 Å².